The number of nitrogens with two attached hydrogens (primary N) is 1. The van der Waals surface area contributed by atoms with Crippen LogP contribution in [0.4, 0.5) is 0 Å². The average Bonchev–Trinajstić information content (AvgIpc) is 2.02. The van der Waals surface area contributed by atoms with Crippen LogP contribution in [0.15, 0.2) is 0 Å². The lowest BCUT2D eigenvalue weighted by molar-refractivity contribution is 0.142. The van der Waals surface area contributed by atoms with E-state index in [1.807, 2.05) is 6.92 Å². The number of hydrogen-bond acceptors (Lipinski definition) is 2. The summed E-state index contributed by atoms with van der Waals surface area (Å²) >= 11 is 0. The van der Waals surface area contributed by atoms with Gasteiger partial charge in [0.25, 0.3) is 0 Å². The molecule has 0 aromatic rings. The number of rotatable bonds is 8. The van der Waals surface area contributed by atoms with Gasteiger partial charge in [0.05, 0.1) is 0 Å². The Balaban J connectivity index is 3.12. The van der Waals surface area contributed by atoms with Crippen LogP contribution in [0.2, 0.25) is 0 Å². The van der Waals surface area contributed by atoms with Crippen molar-refractivity contribution in [1.82, 2.24) is 0 Å². The van der Waals surface area contributed by atoms with E-state index >= 15 is 0 Å². The van der Waals surface area contributed by atoms with Crippen molar-refractivity contribution in [1.29, 1.82) is 0 Å². The van der Waals surface area contributed by atoms with Crippen LogP contribution in [-0.4, -0.2) is 19.3 Å². The predicted octanol–water partition coefficient (Wildman–Crippen LogP) is 2.57. The molecule has 0 spiro atoms. The second-order valence-electron chi connectivity index (χ2n) is 4.08. The van der Waals surface area contributed by atoms with Gasteiger partial charge in [-0.3, -0.25) is 0 Å². The van der Waals surface area contributed by atoms with Crippen LogP contribution >= 0.6 is 0 Å². The van der Waals surface area contributed by atoms with Crippen LogP contribution in [0, 0.1) is 5.92 Å². The van der Waals surface area contributed by atoms with Gasteiger partial charge in [-0.25, -0.2) is 0 Å². The van der Waals surface area contributed by atoms with Gasteiger partial charge in [-0.15, -0.1) is 0 Å². The monoisotopic (exact) mass is 187 g/mol. The van der Waals surface area contributed by atoms with Gasteiger partial charge >= 0.3 is 0 Å². The molecule has 1 atom stereocenters. The van der Waals surface area contributed by atoms with E-state index in [-0.39, 0.29) is 0 Å². The lowest BCUT2D eigenvalue weighted by Gasteiger charge is -2.13. The van der Waals surface area contributed by atoms with Gasteiger partial charge in [0.2, 0.25) is 0 Å². The minimum Gasteiger partial charge on any atom is -0.382 e. The molecule has 13 heavy (non-hydrogen) atoms. The van der Waals surface area contributed by atoms with Gasteiger partial charge in [-0.05, 0) is 38.5 Å². The van der Waals surface area contributed by atoms with Crippen LogP contribution in [0.1, 0.15) is 46.5 Å². The van der Waals surface area contributed by atoms with Crippen LogP contribution in [0.25, 0.3) is 0 Å². The molecule has 0 aromatic heterocycles. The molecule has 0 aromatic carbocycles. The first-order chi connectivity index (χ1) is 6.16. The average molecular weight is 187 g/mol. The van der Waals surface area contributed by atoms with E-state index in [1.54, 1.807) is 0 Å². The summed E-state index contributed by atoms with van der Waals surface area (Å²) in [4.78, 5) is 0. The molecule has 2 nitrogen and oxygen atoms in total. The van der Waals surface area contributed by atoms with E-state index in [0.717, 1.165) is 38.4 Å². The summed E-state index contributed by atoms with van der Waals surface area (Å²) in [7, 11) is 0. The molecule has 2 N–H and O–H groups in total. The lowest BCUT2D eigenvalue weighted by Crippen LogP contribution is -2.21. The van der Waals surface area contributed by atoms with E-state index in [0.29, 0.717) is 6.04 Å². The van der Waals surface area contributed by atoms with Crippen molar-refractivity contribution in [2.75, 3.05) is 13.2 Å². The first kappa shape index (κ1) is 12.9. The van der Waals surface area contributed by atoms with E-state index in [2.05, 4.69) is 13.8 Å². The Morgan fingerprint density at radius 1 is 1.23 bits per heavy atom. The van der Waals surface area contributed by atoms with Crippen molar-refractivity contribution < 1.29 is 4.74 Å². The van der Waals surface area contributed by atoms with Gasteiger partial charge in [0.1, 0.15) is 0 Å². The van der Waals surface area contributed by atoms with Gasteiger partial charge in [0.15, 0.2) is 0 Å². The molecule has 0 rings (SSSR count). The Labute approximate surface area is 82.8 Å². The molecule has 1 unspecified atom stereocenters. The van der Waals surface area contributed by atoms with Crippen molar-refractivity contribution in [2.24, 2.45) is 11.7 Å². The highest BCUT2D eigenvalue weighted by molar-refractivity contribution is 4.63. The molecule has 0 aliphatic carbocycles. The van der Waals surface area contributed by atoms with Gasteiger partial charge < -0.3 is 10.5 Å². The molecule has 0 saturated carbocycles. The van der Waals surface area contributed by atoms with Crippen LogP contribution in [0.3, 0.4) is 0 Å². The first-order valence-corrected chi connectivity index (χ1v) is 5.50. The molecule has 2 heteroatoms. The van der Waals surface area contributed by atoms with E-state index in [4.69, 9.17) is 10.5 Å². The molecule has 0 heterocycles. The summed E-state index contributed by atoms with van der Waals surface area (Å²) in [6.45, 7) is 8.20. The lowest BCUT2D eigenvalue weighted by atomic mass is 10.00. The standard InChI is InChI=1S/C11H25NO/c1-4-13-8-6-5-7-11(12)9-10(2)3/h10-11H,4-9,12H2,1-3H3. The minimum absolute atomic E-state index is 0.390. The Kier molecular flexibility index (Phi) is 8.46. The smallest absolute Gasteiger partial charge is 0.0465 e. The van der Waals surface area contributed by atoms with E-state index in [9.17, 15) is 0 Å². The summed E-state index contributed by atoms with van der Waals surface area (Å²) in [6, 6.07) is 0.390. The zero-order valence-electron chi connectivity index (χ0n) is 9.38. The number of hydrogen-bond donors (Lipinski definition) is 1. The predicted molar refractivity (Wildman–Crippen MR) is 57.8 cm³/mol. The van der Waals surface area contributed by atoms with Crippen LogP contribution in [-0.2, 0) is 4.74 Å². The van der Waals surface area contributed by atoms with Crippen LogP contribution in [0.5, 0.6) is 0 Å². The summed E-state index contributed by atoms with van der Waals surface area (Å²) in [5.74, 6) is 0.724. The van der Waals surface area contributed by atoms with Gasteiger partial charge in [-0.2, -0.15) is 0 Å². The maximum absolute atomic E-state index is 5.95. The molecule has 0 aliphatic heterocycles. The maximum Gasteiger partial charge on any atom is 0.0465 e. The van der Waals surface area contributed by atoms with E-state index in [1.165, 1.54) is 6.42 Å². The summed E-state index contributed by atoms with van der Waals surface area (Å²) in [6.07, 6.45) is 4.65. The second-order valence-corrected chi connectivity index (χ2v) is 4.08. The highest BCUT2D eigenvalue weighted by atomic mass is 16.5. The van der Waals surface area contributed by atoms with Crippen molar-refractivity contribution in [3.8, 4) is 0 Å². The minimum atomic E-state index is 0.390. The first-order valence-electron chi connectivity index (χ1n) is 5.50. The highest BCUT2D eigenvalue weighted by Gasteiger charge is 2.04. The van der Waals surface area contributed by atoms with Crippen molar-refractivity contribution in [3.05, 3.63) is 0 Å². The Bertz CT molecular complexity index is 104. The van der Waals surface area contributed by atoms with Gasteiger partial charge in [-0.1, -0.05) is 13.8 Å². The fourth-order valence-electron chi connectivity index (χ4n) is 1.48. The number of ether oxygens (including phenoxy) is 1. The van der Waals surface area contributed by atoms with Crippen LogP contribution < -0.4 is 5.73 Å². The third-order valence-electron chi connectivity index (χ3n) is 2.09. The zero-order chi connectivity index (χ0) is 10.1. The molecule has 0 aliphatic rings. The SMILES string of the molecule is CCOCCCCC(N)CC(C)C. The Hall–Kier alpha value is -0.0800. The third-order valence-corrected chi connectivity index (χ3v) is 2.09. The van der Waals surface area contributed by atoms with Gasteiger partial charge in [0, 0.05) is 19.3 Å². The molecule has 0 amide bonds. The van der Waals surface area contributed by atoms with Crippen molar-refractivity contribution in [3.63, 3.8) is 0 Å². The molecular weight excluding hydrogens is 162 g/mol. The molecule has 0 saturated heterocycles. The zero-order valence-corrected chi connectivity index (χ0v) is 9.38. The number of unbranched alkanes of at least 4 members (excludes halogenated alkanes) is 1. The summed E-state index contributed by atoms with van der Waals surface area (Å²) < 4.78 is 5.26. The maximum atomic E-state index is 5.95. The van der Waals surface area contributed by atoms with E-state index < -0.39 is 0 Å². The summed E-state index contributed by atoms with van der Waals surface area (Å²) in [5, 5.41) is 0. The molecular formula is C11H25NO. The summed E-state index contributed by atoms with van der Waals surface area (Å²) in [5.41, 5.74) is 5.95. The van der Waals surface area contributed by atoms with Crippen molar-refractivity contribution >= 4 is 0 Å². The normalized spacial score (nSPS) is 13.6. The third kappa shape index (κ3) is 9.84. The largest absolute Gasteiger partial charge is 0.382 e. The topological polar surface area (TPSA) is 35.2 Å². The molecule has 0 radical (unpaired) electrons. The highest BCUT2D eigenvalue weighted by Crippen LogP contribution is 2.08. The second kappa shape index (κ2) is 8.52. The molecule has 0 bridgehead atoms. The quantitative estimate of drug-likeness (QED) is 0.593. The fourth-order valence-corrected chi connectivity index (χ4v) is 1.48. The fraction of sp³-hybridized carbons (Fsp3) is 1.00. The Morgan fingerprint density at radius 2 is 1.92 bits per heavy atom. The van der Waals surface area contributed by atoms with Crippen molar-refractivity contribution in [2.45, 2.75) is 52.5 Å². The molecule has 80 valence electrons. The molecule has 0 fully saturated rings. The Morgan fingerprint density at radius 3 is 2.46 bits per heavy atom.